The Morgan fingerprint density at radius 2 is 2.29 bits per heavy atom. The van der Waals surface area contributed by atoms with Crippen molar-refractivity contribution in [2.75, 3.05) is 11.9 Å². The number of aromatic nitrogens is 3. The van der Waals surface area contributed by atoms with Crippen molar-refractivity contribution in [1.29, 1.82) is 0 Å². The van der Waals surface area contributed by atoms with E-state index in [4.69, 9.17) is 11.6 Å². The van der Waals surface area contributed by atoms with E-state index in [2.05, 4.69) is 21.8 Å². The predicted molar refractivity (Wildman–Crippen MR) is 65.8 cm³/mol. The second-order valence-corrected chi connectivity index (χ2v) is 4.65. The summed E-state index contributed by atoms with van der Waals surface area (Å²) in [5.41, 5.74) is 2.23. The molecule has 0 amide bonds. The molecule has 17 heavy (non-hydrogen) atoms. The van der Waals surface area contributed by atoms with Crippen molar-refractivity contribution in [3.05, 3.63) is 17.0 Å². The van der Waals surface area contributed by atoms with E-state index in [1.54, 1.807) is 6.07 Å². The van der Waals surface area contributed by atoms with Gasteiger partial charge in [0, 0.05) is 19.6 Å². The van der Waals surface area contributed by atoms with Crippen molar-refractivity contribution >= 4 is 34.7 Å². The molecule has 0 aromatic carbocycles. The van der Waals surface area contributed by atoms with E-state index in [-0.39, 0.29) is 11.3 Å². The second-order valence-electron chi connectivity index (χ2n) is 4.31. The number of rotatable bonds is 1. The molecular formula is C11H11ClN4O. The molecule has 1 aliphatic rings. The summed E-state index contributed by atoms with van der Waals surface area (Å²) in [4.78, 5) is 21.5. The fourth-order valence-electron chi connectivity index (χ4n) is 2.27. The van der Waals surface area contributed by atoms with Crippen LogP contribution < -0.4 is 4.90 Å². The number of likely N-dealkylation sites (N-methyl/N-ethyl adjacent to an activating group) is 1. The van der Waals surface area contributed by atoms with Crippen LogP contribution in [0, 0.1) is 0 Å². The van der Waals surface area contributed by atoms with Gasteiger partial charge in [-0.2, -0.15) is 4.98 Å². The van der Waals surface area contributed by atoms with E-state index in [1.165, 1.54) is 0 Å². The highest BCUT2D eigenvalue weighted by atomic mass is 35.5. The molecule has 0 radical (unpaired) electrons. The molecule has 1 atom stereocenters. The molecule has 0 saturated carbocycles. The summed E-state index contributed by atoms with van der Waals surface area (Å²) >= 11 is 5.90. The van der Waals surface area contributed by atoms with Crippen LogP contribution in [-0.2, 0) is 6.54 Å². The van der Waals surface area contributed by atoms with Crippen LogP contribution in [0.15, 0.2) is 6.07 Å². The third-order valence-electron chi connectivity index (χ3n) is 3.29. The summed E-state index contributed by atoms with van der Waals surface area (Å²) in [7, 11) is 1.97. The van der Waals surface area contributed by atoms with Gasteiger partial charge in [-0.1, -0.05) is 0 Å². The smallest absolute Gasteiger partial charge is 0.225 e. The normalized spacial score (nSPS) is 18.8. The van der Waals surface area contributed by atoms with Gasteiger partial charge in [-0.3, -0.25) is 4.79 Å². The highest BCUT2D eigenvalue weighted by molar-refractivity contribution is 6.28. The van der Waals surface area contributed by atoms with Crippen LogP contribution in [0.2, 0.25) is 5.28 Å². The fraction of sp³-hybridized carbons (Fsp3) is 0.364. The number of aldehydes is 1. The van der Waals surface area contributed by atoms with E-state index >= 15 is 0 Å². The zero-order valence-electron chi connectivity index (χ0n) is 9.51. The molecular weight excluding hydrogens is 240 g/mol. The first-order chi connectivity index (χ1) is 8.11. The van der Waals surface area contributed by atoms with E-state index in [0.717, 1.165) is 29.7 Å². The Kier molecular flexibility index (Phi) is 2.13. The number of halogens is 1. The molecule has 3 heterocycles. The van der Waals surface area contributed by atoms with E-state index in [0.29, 0.717) is 5.69 Å². The molecule has 0 N–H and O–H groups in total. The quantitative estimate of drug-likeness (QED) is 0.571. The molecule has 2 aromatic rings. The van der Waals surface area contributed by atoms with Gasteiger partial charge in [-0.15, -0.1) is 0 Å². The Morgan fingerprint density at radius 3 is 3.00 bits per heavy atom. The van der Waals surface area contributed by atoms with Crippen molar-refractivity contribution in [2.24, 2.45) is 0 Å². The van der Waals surface area contributed by atoms with Crippen molar-refractivity contribution in [3.63, 3.8) is 0 Å². The minimum absolute atomic E-state index is 0.211. The molecule has 0 spiro atoms. The van der Waals surface area contributed by atoms with Gasteiger partial charge in [0.1, 0.15) is 5.52 Å². The van der Waals surface area contributed by atoms with Gasteiger partial charge in [0.2, 0.25) is 5.28 Å². The van der Waals surface area contributed by atoms with Gasteiger partial charge < -0.3 is 9.47 Å². The predicted octanol–water partition coefficient (Wildman–Crippen LogP) is 1.74. The Balaban J connectivity index is 2.43. The average Bonchev–Trinajstić information content (AvgIpc) is 2.64. The minimum Gasteiger partial charge on any atom is -0.353 e. The molecule has 5 nitrogen and oxygen atoms in total. The van der Waals surface area contributed by atoms with Crippen LogP contribution in [0.25, 0.3) is 11.0 Å². The molecule has 0 fully saturated rings. The van der Waals surface area contributed by atoms with Crippen molar-refractivity contribution in [2.45, 2.75) is 19.5 Å². The topological polar surface area (TPSA) is 51.0 Å². The van der Waals surface area contributed by atoms with Crippen LogP contribution in [0.5, 0.6) is 0 Å². The number of carbonyl (C=O) groups is 1. The minimum atomic E-state index is 0.211. The zero-order chi connectivity index (χ0) is 12.2. The monoisotopic (exact) mass is 250 g/mol. The zero-order valence-corrected chi connectivity index (χ0v) is 10.3. The van der Waals surface area contributed by atoms with Crippen molar-refractivity contribution < 1.29 is 4.79 Å². The molecule has 0 bridgehead atoms. The third-order valence-corrected chi connectivity index (χ3v) is 3.46. The summed E-state index contributed by atoms with van der Waals surface area (Å²) < 4.78 is 1.96. The summed E-state index contributed by atoms with van der Waals surface area (Å²) in [5, 5.41) is 0.211. The highest BCUT2D eigenvalue weighted by Gasteiger charge is 2.26. The fourth-order valence-corrected chi connectivity index (χ4v) is 2.45. The van der Waals surface area contributed by atoms with E-state index < -0.39 is 0 Å². The lowest BCUT2D eigenvalue weighted by Crippen LogP contribution is -2.37. The van der Waals surface area contributed by atoms with Crippen LogP contribution in [0.1, 0.15) is 17.4 Å². The summed E-state index contributed by atoms with van der Waals surface area (Å²) in [5.74, 6) is 0.784. The first kappa shape index (κ1) is 10.5. The number of nitrogens with zero attached hydrogens (tertiary/aromatic N) is 4. The maximum Gasteiger partial charge on any atom is 0.225 e. The maximum atomic E-state index is 11.0. The highest BCUT2D eigenvalue weighted by Crippen LogP contribution is 2.32. The summed E-state index contributed by atoms with van der Waals surface area (Å²) in [6.45, 7) is 2.84. The first-order valence-electron chi connectivity index (χ1n) is 5.36. The number of carbonyl (C=O) groups excluding carboxylic acids is 1. The van der Waals surface area contributed by atoms with Gasteiger partial charge in [0.25, 0.3) is 0 Å². The average molecular weight is 251 g/mol. The van der Waals surface area contributed by atoms with Crippen molar-refractivity contribution in [3.8, 4) is 0 Å². The molecule has 3 rings (SSSR count). The Morgan fingerprint density at radius 1 is 1.53 bits per heavy atom. The summed E-state index contributed by atoms with van der Waals surface area (Å²) in [6.07, 6.45) is 0.845. The van der Waals surface area contributed by atoms with Gasteiger partial charge in [-0.25, -0.2) is 4.98 Å². The van der Waals surface area contributed by atoms with Crippen molar-refractivity contribution in [1.82, 2.24) is 14.5 Å². The van der Waals surface area contributed by atoms with Gasteiger partial charge in [0.05, 0.1) is 11.2 Å². The number of hydrogen-bond acceptors (Lipinski definition) is 4. The Labute approximate surface area is 103 Å². The molecule has 0 aliphatic carbocycles. The standard InChI is InChI=1S/C11H11ClN4O/c1-6-4-16-7(5-17)3-8-9(16)10(15(6)2)14-11(12)13-8/h3,5-6H,4H2,1-2H3/t6-/m0/s1. The lowest BCUT2D eigenvalue weighted by Gasteiger charge is -2.32. The molecule has 1 aliphatic heterocycles. The van der Waals surface area contributed by atoms with Crippen LogP contribution in [0.4, 0.5) is 5.82 Å². The SMILES string of the molecule is C[C@H]1Cn2c(C=O)cc3nc(Cl)nc(c32)N1C. The second kappa shape index (κ2) is 3.43. The lowest BCUT2D eigenvalue weighted by molar-refractivity contribution is 0.111. The Hall–Kier alpha value is -1.62. The molecule has 88 valence electrons. The first-order valence-corrected chi connectivity index (χ1v) is 5.74. The molecule has 2 aromatic heterocycles. The van der Waals surface area contributed by atoms with Crippen LogP contribution >= 0.6 is 11.6 Å². The molecule has 6 heteroatoms. The largest absolute Gasteiger partial charge is 0.353 e. The third kappa shape index (κ3) is 1.35. The number of anilines is 1. The molecule has 0 saturated heterocycles. The summed E-state index contributed by atoms with van der Waals surface area (Å²) in [6, 6.07) is 2.02. The van der Waals surface area contributed by atoms with Gasteiger partial charge in [0.15, 0.2) is 12.1 Å². The molecule has 0 unspecified atom stereocenters. The van der Waals surface area contributed by atoms with Gasteiger partial charge in [-0.05, 0) is 24.6 Å². The lowest BCUT2D eigenvalue weighted by atomic mass is 10.2. The van der Waals surface area contributed by atoms with E-state index in [1.807, 2.05) is 11.6 Å². The maximum absolute atomic E-state index is 11.0. The van der Waals surface area contributed by atoms with E-state index in [9.17, 15) is 4.79 Å². The number of hydrogen-bond donors (Lipinski definition) is 0. The van der Waals surface area contributed by atoms with Crippen LogP contribution in [0.3, 0.4) is 0 Å². The van der Waals surface area contributed by atoms with Crippen LogP contribution in [-0.4, -0.2) is 33.9 Å². The van der Waals surface area contributed by atoms with Gasteiger partial charge >= 0.3 is 0 Å². The Bertz CT molecular complexity index is 621.